The van der Waals surface area contributed by atoms with Gasteiger partial charge in [0.1, 0.15) is 0 Å². The highest BCUT2D eigenvalue weighted by molar-refractivity contribution is 9.10. The van der Waals surface area contributed by atoms with Crippen LogP contribution in [-0.4, -0.2) is 11.2 Å². The van der Waals surface area contributed by atoms with E-state index in [1.54, 1.807) is 0 Å². The summed E-state index contributed by atoms with van der Waals surface area (Å²) in [5, 5.41) is 11.2. The van der Waals surface area contributed by atoms with Crippen LogP contribution >= 0.6 is 15.9 Å². The number of hydrogen-bond donors (Lipinski definition) is 2. The van der Waals surface area contributed by atoms with Crippen LogP contribution in [0.3, 0.4) is 0 Å². The maximum Gasteiger partial charge on any atom is 0.405 e. The molecule has 0 radical (unpaired) electrons. The molecular formula is C11H14BrNO2. The topological polar surface area (TPSA) is 49.3 Å². The van der Waals surface area contributed by atoms with Gasteiger partial charge >= 0.3 is 6.09 Å². The maximum atomic E-state index is 10.6. The minimum atomic E-state index is -0.989. The molecule has 3 nitrogen and oxygen atoms in total. The van der Waals surface area contributed by atoms with Crippen LogP contribution in [-0.2, 0) is 0 Å². The van der Waals surface area contributed by atoms with Crippen LogP contribution in [0.2, 0.25) is 0 Å². The fourth-order valence-corrected chi connectivity index (χ4v) is 1.70. The van der Waals surface area contributed by atoms with E-state index in [1.807, 2.05) is 38.1 Å². The molecule has 1 aromatic carbocycles. The van der Waals surface area contributed by atoms with Gasteiger partial charge in [-0.05, 0) is 23.6 Å². The van der Waals surface area contributed by atoms with Crippen molar-refractivity contribution in [1.29, 1.82) is 0 Å². The van der Waals surface area contributed by atoms with E-state index < -0.39 is 6.09 Å². The normalized spacial score (nSPS) is 12.5. The zero-order valence-corrected chi connectivity index (χ0v) is 10.3. The van der Waals surface area contributed by atoms with E-state index in [-0.39, 0.29) is 12.0 Å². The van der Waals surface area contributed by atoms with Gasteiger partial charge in [-0.3, -0.25) is 0 Å². The SMILES string of the molecule is CC(C)C(NC(=O)O)c1ccc(Br)cc1. The Morgan fingerprint density at radius 2 is 1.87 bits per heavy atom. The van der Waals surface area contributed by atoms with Crippen LogP contribution in [0.5, 0.6) is 0 Å². The van der Waals surface area contributed by atoms with Crippen molar-refractivity contribution in [3.63, 3.8) is 0 Å². The Hall–Kier alpha value is -1.03. The number of benzene rings is 1. The highest BCUT2D eigenvalue weighted by atomic mass is 79.9. The van der Waals surface area contributed by atoms with Crippen molar-refractivity contribution < 1.29 is 9.90 Å². The Labute approximate surface area is 97.6 Å². The molecule has 0 bridgehead atoms. The minimum Gasteiger partial charge on any atom is -0.465 e. The van der Waals surface area contributed by atoms with E-state index in [4.69, 9.17) is 5.11 Å². The third-order valence-corrected chi connectivity index (χ3v) is 2.70. The molecule has 2 N–H and O–H groups in total. The molecule has 0 aliphatic rings. The molecule has 0 aliphatic heterocycles. The summed E-state index contributed by atoms with van der Waals surface area (Å²) in [5.41, 5.74) is 0.982. The van der Waals surface area contributed by atoms with Gasteiger partial charge < -0.3 is 10.4 Å². The fraction of sp³-hybridized carbons (Fsp3) is 0.364. The number of halogens is 1. The summed E-state index contributed by atoms with van der Waals surface area (Å²) in [7, 11) is 0. The molecule has 82 valence electrons. The summed E-state index contributed by atoms with van der Waals surface area (Å²) in [6.07, 6.45) is -0.989. The largest absolute Gasteiger partial charge is 0.465 e. The van der Waals surface area contributed by atoms with Gasteiger partial charge in [-0.1, -0.05) is 41.9 Å². The molecule has 1 rings (SSSR count). The average Bonchev–Trinajstić information content (AvgIpc) is 2.15. The first kappa shape index (κ1) is 12.0. The molecule has 0 aliphatic carbocycles. The lowest BCUT2D eigenvalue weighted by atomic mass is 9.96. The molecule has 0 saturated heterocycles. The van der Waals surface area contributed by atoms with Crippen LogP contribution in [0.15, 0.2) is 28.7 Å². The lowest BCUT2D eigenvalue weighted by Crippen LogP contribution is -2.30. The zero-order valence-electron chi connectivity index (χ0n) is 8.70. The predicted octanol–water partition coefficient (Wildman–Crippen LogP) is 3.41. The fourth-order valence-electron chi connectivity index (χ4n) is 1.44. The molecule has 1 aromatic rings. The van der Waals surface area contributed by atoms with Crippen LogP contribution in [0, 0.1) is 5.92 Å². The number of hydrogen-bond acceptors (Lipinski definition) is 1. The van der Waals surface area contributed by atoms with Gasteiger partial charge in [0.2, 0.25) is 0 Å². The number of rotatable bonds is 3. The van der Waals surface area contributed by atoms with Crippen LogP contribution < -0.4 is 5.32 Å². The molecule has 15 heavy (non-hydrogen) atoms. The average molecular weight is 272 g/mol. The van der Waals surface area contributed by atoms with E-state index in [1.165, 1.54) is 0 Å². The molecule has 4 heteroatoms. The van der Waals surface area contributed by atoms with Crippen molar-refractivity contribution in [3.05, 3.63) is 34.3 Å². The van der Waals surface area contributed by atoms with Gasteiger partial charge in [-0.25, -0.2) is 4.79 Å². The van der Waals surface area contributed by atoms with Crippen LogP contribution in [0.4, 0.5) is 4.79 Å². The molecule has 0 heterocycles. The van der Waals surface area contributed by atoms with Gasteiger partial charge in [0.15, 0.2) is 0 Å². The van der Waals surface area contributed by atoms with Crippen molar-refractivity contribution >= 4 is 22.0 Å². The van der Waals surface area contributed by atoms with Gasteiger partial charge in [0.25, 0.3) is 0 Å². The summed E-state index contributed by atoms with van der Waals surface area (Å²) in [6.45, 7) is 3.98. The van der Waals surface area contributed by atoms with Crippen molar-refractivity contribution in [3.8, 4) is 0 Å². The Balaban J connectivity index is 2.88. The molecule has 0 saturated carbocycles. The predicted molar refractivity (Wildman–Crippen MR) is 62.9 cm³/mol. The highest BCUT2D eigenvalue weighted by Gasteiger charge is 2.17. The Morgan fingerprint density at radius 3 is 2.27 bits per heavy atom. The Kier molecular flexibility index (Phi) is 4.15. The number of amides is 1. The lowest BCUT2D eigenvalue weighted by Gasteiger charge is -2.21. The van der Waals surface area contributed by atoms with Gasteiger partial charge in [0.05, 0.1) is 6.04 Å². The summed E-state index contributed by atoms with van der Waals surface area (Å²) in [4.78, 5) is 10.6. The second kappa shape index (κ2) is 5.16. The van der Waals surface area contributed by atoms with Crippen molar-refractivity contribution in [1.82, 2.24) is 5.32 Å². The molecule has 0 fully saturated rings. The monoisotopic (exact) mass is 271 g/mol. The third-order valence-electron chi connectivity index (χ3n) is 2.17. The Bertz CT molecular complexity index is 335. The van der Waals surface area contributed by atoms with Crippen LogP contribution in [0.1, 0.15) is 25.5 Å². The first-order valence-electron chi connectivity index (χ1n) is 4.75. The summed E-state index contributed by atoms with van der Waals surface area (Å²) < 4.78 is 0.990. The first-order valence-corrected chi connectivity index (χ1v) is 5.55. The maximum absolute atomic E-state index is 10.6. The molecule has 0 spiro atoms. The van der Waals surface area contributed by atoms with E-state index in [9.17, 15) is 4.79 Å². The summed E-state index contributed by atoms with van der Waals surface area (Å²) >= 11 is 3.35. The molecular weight excluding hydrogens is 258 g/mol. The Morgan fingerprint density at radius 1 is 1.33 bits per heavy atom. The summed E-state index contributed by atoms with van der Waals surface area (Å²) in [6, 6.07) is 7.51. The second-order valence-electron chi connectivity index (χ2n) is 3.72. The zero-order chi connectivity index (χ0) is 11.4. The summed E-state index contributed by atoms with van der Waals surface area (Å²) in [5.74, 6) is 0.224. The first-order chi connectivity index (χ1) is 7.00. The smallest absolute Gasteiger partial charge is 0.405 e. The van der Waals surface area contributed by atoms with Crippen molar-refractivity contribution in [2.75, 3.05) is 0 Å². The lowest BCUT2D eigenvalue weighted by molar-refractivity contribution is 0.186. The van der Waals surface area contributed by atoms with Crippen LogP contribution in [0.25, 0.3) is 0 Å². The van der Waals surface area contributed by atoms with Crippen molar-refractivity contribution in [2.45, 2.75) is 19.9 Å². The highest BCUT2D eigenvalue weighted by Crippen LogP contribution is 2.23. The van der Waals surface area contributed by atoms with Gasteiger partial charge in [-0.2, -0.15) is 0 Å². The molecule has 1 amide bonds. The van der Waals surface area contributed by atoms with Crippen molar-refractivity contribution in [2.24, 2.45) is 5.92 Å². The minimum absolute atomic E-state index is 0.157. The van der Waals surface area contributed by atoms with E-state index in [2.05, 4.69) is 21.2 Å². The number of carbonyl (C=O) groups is 1. The van der Waals surface area contributed by atoms with E-state index in [0.717, 1.165) is 10.0 Å². The molecule has 1 unspecified atom stereocenters. The molecule has 0 aromatic heterocycles. The molecule has 1 atom stereocenters. The van der Waals surface area contributed by atoms with E-state index in [0.29, 0.717) is 0 Å². The quantitative estimate of drug-likeness (QED) is 0.885. The number of nitrogens with one attached hydrogen (secondary N) is 1. The third kappa shape index (κ3) is 3.55. The second-order valence-corrected chi connectivity index (χ2v) is 4.64. The van der Waals surface area contributed by atoms with Gasteiger partial charge in [-0.15, -0.1) is 0 Å². The number of carboxylic acid groups (broad SMARTS) is 1. The standard InChI is InChI=1S/C11H14BrNO2/c1-7(2)10(13-11(14)15)8-3-5-9(12)6-4-8/h3-7,10,13H,1-2H3,(H,14,15). The van der Waals surface area contributed by atoms with Gasteiger partial charge in [0, 0.05) is 4.47 Å². The van der Waals surface area contributed by atoms with E-state index >= 15 is 0 Å².